The Kier molecular flexibility index (Phi) is 8.21. The van der Waals surface area contributed by atoms with Crippen LogP contribution in [-0.4, -0.2) is 65.1 Å². The Morgan fingerprint density at radius 2 is 2.00 bits per heavy atom. The van der Waals surface area contributed by atoms with Crippen LogP contribution >= 0.6 is 0 Å². The van der Waals surface area contributed by atoms with Crippen molar-refractivity contribution in [1.82, 2.24) is 5.32 Å². The molecule has 1 saturated heterocycles. The van der Waals surface area contributed by atoms with Gasteiger partial charge in [-0.25, -0.2) is 0 Å². The second-order valence-electron chi connectivity index (χ2n) is 6.23. The molecule has 0 aromatic heterocycles. The first kappa shape index (κ1) is 20.5. The average molecular weight is 365 g/mol. The molecule has 1 aromatic rings. The van der Waals surface area contributed by atoms with Crippen LogP contribution in [-0.2, 0) is 20.7 Å². The Labute approximate surface area is 153 Å². The number of carbonyl (C=O) groups excluding carboxylic acids is 1. The van der Waals surface area contributed by atoms with Crippen molar-refractivity contribution >= 4 is 5.91 Å². The maximum Gasteiger partial charge on any atom is 0.220 e. The molecule has 4 N–H and O–H groups in total. The van der Waals surface area contributed by atoms with Gasteiger partial charge in [0.2, 0.25) is 5.91 Å². The standard InChI is InChI=1S/C19H27NO6/c1-2-3-9-15(22)20-16-18(24)17(23)14(12-21)26-19(16)25-11-10-13-7-5-4-6-8-13/h2,4-8,14,16-19,21,23-24H,1,3,9-12H2,(H,20,22)/t14-,16-,17-,18-,19+/m1/s1. The van der Waals surface area contributed by atoms with Gasteiger partial charge in [0.1, 0.15) is 24.4 Å². The van der Waals surface area contributed by atoms with Crippen LogP contribution in [0.1, 0.15) is 18.4 Å². The van der Waals surface area contributed by atoms with Crippen molar-refractivity contribution in [1.29, 1.82) is 0 Å². The summed E-state index contributed by atoms with van der Waals surface area (Å²) in [5, 5.41) is 32.4. The van der Waals surface area contributed by atoms with Crippen LogP contribution in [0.4, 0.5) is 0 Å². The van der Waals surface area contributed by atoms with Crippen molar-refractivity contribution in [2.75, 3.05) is 13.2 Å². The molecule has 5 atom stereocenters. The Balaban J connectivity index is 1.99. The van der Waals surface area contributed by atoms with Crippen molar-refractivity contribution in [3.05, 3.63) is 48.6 Å². The molecule has 1 aliphatic rings. The topological polar surface area (TPSA) is 108 Å². The van der Waals surface area contributed by atoms with Crippen LogP contribution in [0.15, 0.2) is 43.0 Å². The van der Waals surface area contributed by atoms with Gasteiger partial charge in [-0.05, 0) is 18.4 Å². The van der Waals surface area contributed by atoms with E-state index in [1.165, 1.54) is 0 Å². The molecule has 26 heavy (non-hydrogen) atoms. The van der Waals surface area contributed by atoms with E-state index in [1.54, 1.807) is 6.08 Å². The molecular weight excluding hydrogens is 338 g/mol. The van der Waals surface area contributed by atoms with Crippen LogP contribution in [0.3, 0.4) is 0 Å². The summed E-state index contributed by atoms with van der Waals surface area (Å²) in [7, 11) is 0. The highest BCUT2D eigenvalue weighted by atomic mass is 16.7. The molecule has 0 spiro atoms. The number of benzene rings is 1. The van der Waals surface area contributed by atoms with Crippen LogP contribution in [0.5, 0.6) is 0 Å². The van der Waals surface area contributed by atoms with E-state index in [0.717, 1.165) is 5.56 Å². The van der Waals surface area contributed by atoms with Crippen molar-refractivity contribution in [3.63, 3.8) is 0 Å². The fraction of sp³-hybridized carbons (Fsp3) is 0.526. The molecular formula is C19H27NO6. The minimum atomic E-state index is -1.32. The smallest absolute Gasteiger partial charge is 0.220 e. The summed E-state index contributed by atoms with van der Waals surface area (Å²) in [5.41, 5.74) is 1.08. The second kappa shape index (κ2) is 10.4. The summed E-state index contributed by atoms with van der Waals surface area (Å²) in [6.07, 6.45) is -1.62. The molecule has 144 valence electrons. The highest BCUT2D eigenvalue weighted by Gasteiger charge is 2.45. The van der Waals surface area contributed by atoms with Gasteiger partial charge in [-0.15, -0.1) is 6.58 Å². The van der Waals surface area contributed by atoms with E-state index in [1.807, 2.05) is 30.3 Å². The molecule has 0 aliphatic carbocycles. The Hall–Kier alpha value is -1.77. The molecule has 0 unspecified atom stereocenters. The number of allylic oxidation sites excluding steroid dienone is 1. The first-order chi connectivity index (χ1) is 12.6. The molecule has 1 aliphatic heterocycles. The van der Waals surface area contributed by atoms with Crippen LogP contribution in [0.2, 0.25) is 0 Å². The zero-order chi connectivity index (χ0) is 18.9. The fourth-order valence-electron chi connectivity index (χ4n) is 2.81. The zero-order valence-electron chi connectivity index (χ0n) is 14.7. The lowest BCUT2D eigenvalue weighted by Crippen LogP contribution is -2.64. The van der Waals surface area contributed by atoms with Crippen LogP contribution < -0.4 is 5.32 Å². The number of carbonyl (C=O) groups is 1. The maximum atomic E-state index is 12.0. The summed E-state index contributed by atoms with van der Waals surface area (Å²) < 4.78 is 11.3. The monoisotopic (exact) mass is 365 g/mol. The van der Waals surface area contributed by atoms with Gasteiger partial charge in [0.25, 0.3) is 0 Å². The highest BCUT2D eigenvalue weighted by Crippen LogP contribution is 2.22. The lowest BCUT2D eigenvalue weighted by Gasteiger charge is -2.42. The second-order valence-corrected chi connectivity index (χ2v) is 6.23. The third kappa shape index (κ3) is 5.62. The largest absolute Gasteiger partial charge is 0.394 e. The molecule has 7 heteroatoms. The predicted molar refractivity (Wildman–Crippen MR) is 95.2 cm³/mol. The zero-order valence-corrected chi connectivity index (χ0v) is 14.7. The number of nitrogens with one attached hydrogen (secondary N) is 1. The fourth-order valence-corrected chi connectivity index (χ4v) is 2.81. The van der Waals surface area contributed by atoms with Crippen molar-refractivity contribution in [2.24, 2.45) is 0 Å². The molecule has 0 saturated carbocycles. The van der Waals surface area contributed by atoms with Gasteiger partial charge >= 0.3 is 0 Å². The maximum absolute atomic E-state index is 12.0. The molecule has 0 bridgehead atoms. The average Bonchev–Trinajstić information content (AvgIpc) is 2.66. The number of aliphatic hydroxyl groups is 3. The summed E-state index contributed by atoms with van der Waals surface area (Å²) >= 11 is 0. The molecule has 1 aromatic carbocycles. The first-order valence-corrected chi connectivity index (χ1v) is 8.75. The van der Waals surface area contributed by atoms with Gasteiger partial charge in [-0.2, -0.15) is 0 Å². The summed E-state index contributed by atoms with van der Waals surface area (Å²) in [5.74, 6) is -0.302. The quantitative estimate of drug-likeness (QED) is 0.464. The normalized spacial score (nSPS) is 28.5. The molecule has 2 rings (SSSR count). The SMILES string of the molecule is C=CCCC(=O)N[C@H]1[C@@H](OCCc2ccccc2)O[C@H](CO)[C@@H](O)[C@@H]1O. The number of hydrogen-bond donors (Lipinski definition) is 4. The van der Waals surface area contributed by atoms with Crippen molar-refractivity contribution in [2.45, 2.75) is 49.9 Å². The van der Waals surface area contributed by atoms with E-state index < -0.39 is 37.3 Å². The number of hydrogen-bond acceptors (Lipinski definition) is 6. The number of ether oxygens (including phenoxy) is 2. The van der Waals surface area contributed by atoms with E-state index in [0.29, 0.717) is 19.4 Å². The summed E-state index contributed by atoms with van der Waals surface area (Å²) in [4.78, 5) is 12.0. The molecule has 7 nitrogen and oxygen atoms in total. The van der Waals surface area contributed by atoms with Crippen LogP contribution in [0.25, 0.3) is 0 Å². The van der Waals surface area contributed by atoms with Crippen molar-refractivity contribution < 1.29 is 29.6 Å². The van der Waals surface area contributed by atoms with Gasteiger partial charge in [0.15, 0.2) is 6.29 Å². The predicted octanol–water partition coefficient (Wildman–Crippen LogP) is 0.136. The van der Waals surface area contributed by atoms with Crippen molar-refractivity contribution in [3.8, 4) is 0 Å². The lowest BCUT2D eigenvalue weighted by atomic mass is 9.96. The van der Waals surface area contributed by atoms with Gasteiger partial charge in [0.05, 0.1) is 13.2 Å². The third-order valence-corrected chi connectivity index (χ3v) is 4.30. The Morgan fingerprint density at radius 1 is 1.27 bits per heavy atom. The van der Waals surface area contributed by atoms with Gasteiger partial charge in [-0.1, -0.05) is 36.4 Å². The summed E-state index contributed by atoms with van der Waals surface area (Å²) in [6, 6.07) is 8.78. The number of amides is 1. The minimum absolute atomic E-state index is 0.211. The first-order valence-electron chi connectivity index (χ1n) is 8.75. The summed E-state index contributed by atoms with van der Waals surface area (Å²) in [6.45, 7) is 3.40. The van der Waals surface area contributed by atoms with Gasteiger partial charge < -0.3 is 30.1 Å². The number of aliphatic hydroxyl groups excluding tert-OH is 3. The van der Waals surface area contributed by atoms with E-state index in [9.17, 15) is 20.1 Å². The highest BCUT2D eigenvalue weighted by molar-refractivity contribution is 5.76. The van der Waals surface area contributed by atoms with Crippen LogP contribution in [0, 0.1) is 0 Å². The van der Waals surface area contributed by atoms with E-state index in [4.69, 9.17) is 9.47 Å². The number of rotatable bonds is 9. The van der Waals surface area contributed by atoms with Gasteiger partial charge in [-0.3, -0.25) is 4.79 Å². The Bertz CT molecular complexity index is 566. The van der Waals surface area contributed by atoms with Gasteiger partial charge in [0, 0.05) is 6.42 Å². The lowest BCUT2D eigenvalue weighted by molar-refractivity contribution is -0.269. The molecule has 1 heterocycles. The van der Waals surface area contributed by atoms with E-state index >= 15 is 0 Å². The minimum Gasteiger partial charge on any atom is -0.394 e. The Morgan fingerprint density at radius 3 is 2.65 bits per heavy atom. The molecule has 1 fully saturated rings. The molecule has 0 radical (unpaired) electrons. The molecule has 1 amide bonds. The van der Waals surface area contributed by atoms with E-state index in [2.05, 4.69) is 11.9 Å². The van der Waals surface area contributed by atoms with E-state index in [-0.39, 0.29) is 12.3 Å². The third-order valence-electron chi connectivity index (χ3n) is 4.30.